The summed E-state index contributed by atoms with van der Waals surface area (Å²) < 4.78 is 12.1. The van der Waals surface area contributed by atoms with Crippen molar-refractivity contribution in [1.82, 2.24) is 25.6 Å². The van der Waals surface area contributed by atoms with Crippen LogP contribution in [0.1, 0.15) is 28.2 Å². The van der Waals surface area contributed by atoms with E-state index in [9.17, 15) is 0 Å². The molecule has 0 aliphatic rings. The number of benzene rings is 3. The van der Waals surface area contributed by atoms with Crippen molar-refractivity contribution in [3.63, 3.8) is 0 Å². The first-order chi connectivity index (χ1) is 16.7. The number of fused-ring (bicyclic) bond motifs is 1. The van der Waals surface area contributed by atoms with Gasteiger partial charge in [0.25, 0.3) is 0 Å². The molecule has 5 aromatic rings. The molecule has 0 bridgehead atoms. The van der Waals surface area contributed by atoms with Gasteiger partial charge < -0.3 is 9.47 Å². The number of aryl methyl sites for hydroxylation is 1. The van der Waals surface area contributed by atoms with E-state index in [1.165, 1.54) is 0 Å². The molecule has 7 heteroatoms. The van der Waals surface area contributed by atoms with Gasteiger partial charge in [0.1, 0.15) is 24.7 Å². The summed E-state index contributed by atoms with van der Waals surface area (Å²) in [6.45, 7) is 2.88. The number of hydrogen-bond donors (Lipinski definition) is 1. The van der Waals surface area contributed by atoms with Gasteiger partial charge in [-0.3, -0.25) is 0 Å². The van der Waals surface area contributed by atoms with Crippen LogP contribution in [0.3, 0.4) is 0 Å². The summed E-state index contributed by atoms with van der Waals surface area (Å²) in [5.74, 6) is 2.16. The summed E-state index contributed by atoms with van der Waals surface area (Å²) in [5.41, 5.74) is 4.98. The maximum Gasteiger partial charge on any atom is 0.197 e. The molecule has 7 nitrogen and oxygen atoms in total. The van der Waals surface area contributed by atoms with Crippen molar-refractivity contribution in [2.75, 3.05) is 0 Å². The highest BCUT2D eigenvalue weighted by Crippen LogP contribution is 2.23. The highest BCUT2D eigenvalue weighted by molar-refractivity contribution is 5.78. The van der Waals surface area contributed by atoms with E-state index in [0.29, 0.717) is 19.0 Å². The van der Waals surface area contributed by atoms with E-state index in [1.54, 1.807) is 6.08 Å². The molecule has 1 N–H and O–H groups in total. The Bertz CT molecular complexity index is 1430. The molecule has 0 radical (unpaired) electrons. The molecule has 34 heavy (non-hydrogen) atoms. The molecule has 0 aliphatic heterocycles. The number of hydrogen-bond acceptors (Lipinski definition) is 6. The van der Waals surface area contributed by atoms with Crippen LogP contribution in [0.25, 0.3) is 23.1 Å². The van der Waals surface area contributed by atoms with Gasteiger partial charge in [-0.2, -0.15) is 5.21 Å². The smallest absolute Gasteiger partial charge is 0.197 e. The molecule has 0 unspecified atom stereocenters. The number of nitrogens with one attached hydrogen (secondary N) is 1. The number of aromatic nitrogens is 5. The molecule has 0 spiro atoms. The summed E-state index contributed by atoms with van der Waals surface area (Å²) in [6.07, 6.45) is 3.74. The minimum Gasteiger partial charge on any atom is -0.489 e. The highest BCUT2D eigenvalue weighted by Gasteiger charge is 2.04. The Morgan fingerprint density at radius 2 is 1.79 bits per heavy atom. The minimum atomic E-state index is 0.410. The molecule has 3 aromatic carbocycles. The number of nitrogens with zero attached hydrogens (tertiary/aromatic N) is 4. The fraction of sp³-hybridized carbons (Fsp3) is 0.111. The van der Waals surface area contributed by atoms with E-state index in [0.717, 1.165) is 44.8 Å². The quantitative estimate of drug-likeness (QED) is 0.342. The van der Waals surface area contributed by atoms with Crippen molar-refractivity contribution >= 4 is 23.1 Å². The fourth-order valence-corrected chi connectivity index (χ4v) is 3.58. The predicted octanol–water partition coefficient (Wildman–Crippen LogP) is 5.38. The highest BCUT2D eigenvalue weighted by atomic mass is 16.5. The summed E-state index contributed by atoms with van der Waals surface area (Å²) in [7, 11) is 0. The second-order valence-electron chi connectivity index (χ2n) is 7.85. The first-order valence-corrected chi connectivity index (χ1v) is 10.9. The standard InChI is InChI=1S/C27H23N5O2/c1-19-15-20(10-14-27-29-31-32-30-27)9-13-26(19)34-17-21-5-4-7-24(16-21)33-18-23-12-11-22-6-2-3-8-25(22)28-23/h2-16H,17-18H2,1H3,(H,29,30,31,32)/b14-10+. The summed E-state index contributed by atoms with van der Waals surface area (Å²) in [5, 5.41) is 14.9. The molecule has 168 valence electrons. The molecular weight excluding hydrogens is 426 g/mol. The average Bonchev–Trinajstić information content (AvgIpc) is 3.40. The second-order valence-corrected chi connectivity index (χ2v) is 7.85. The van der Waals surface area contributed by atoms with E-state index >= 15 is 0 Å². The van der Waals surface area contributed by atoms with E-state index in [4.69, 9.17) is 9.47 Å². The lowest BCUT2D eigenvalue weighted by Crippen LogP contribution is -2.00. The normalized spacial score (nSPS) is 11.2. The Hall–Kier alpha value is -4.52. The van der Waals surface area contributed by atoms with Crippen LogP contribution in [0.2, 0.25) is 0 Å². The van der Waals surface area contributed by atoms with Crippen LogP contribution in [0, 0.1) is 6.92 Å². The summed E-state index contributed by atoms with van der Waals surface area (Å²) in [6, 6.07) is 26.1. The van der Waals surface area contributed by atoms with Gasteiger partial charge in [0, 0.05) is 5.39 Å². The molecule has 2 aromatic heterocycles. The van der Waals surface area contributed by atoms with Crippen LogP contribution >= 0.6 is 0 Å². The first-order valence-electron chi connectivity index (χ1n) is 10.9. The number of ether oxygens (including phenoxy) is 2. The molecule has 0 saturated carbocycles. The van der Waals surface area contributed by atoms with Crippen molar-refractivity contribution in [2.45, 2.75) is 20.1 Å². The monoisotopic (exact) mass is 449 g/mol. The average molecular weight is 450 g/mol. The van der Waals surface area contributed by atoms with Crippen molar-refractivity contribution in [3.8, 4) is 11.5 Å². The van der Waals surface area contributed by atoms with Crippen LogP contribution < -0.4 is 9.47 Å². The Balaban J connectivity index is 1.19. The Labute approximate surface area is 197 Å². The van der Waals surface area contributed by atoms with Gasteiger partial charge in [-0.15, -0.1) is 10.2 Å². The maximum atomic E-state index is 6.06. The number of rotatable bonds is 8. The topological polar surface area (TPSA) is 85.8 Å². The van der Waals surface area contributed by atoms with E-state index in [2.05, 4.69) is 43.8 Å². The summed E-state index contributed by atoms with van der Waals surface area (Å²) in [4.78, 5) is 4.67. The van der Waals surface area contributed by atoms with Crippen molar-refractivity contribution in [3.05, 3.63) is 107 Å². The predicted molar refractivity (Wildman–Crippen MR) is 131 cm³/mol. The molecule has 0 aliphatic carbocycles. The van der Waals surface area contributed by atoms with Gasteiger partial charge in [0.2, 0.25) is 0 Å². The molecule has 2 heterocycles. The molecule has 0 fully saturated rings. The maximum absolute atomic E-state index is 6.06. The van der Waals surface area contributed by atoms with Crippen molar-refractivity contribution < 1.29 is 9.47 Å². The number of pyridine rings is 1. The minimum absolute atomic E-state index is 0.410. The van der Waals surface area contributed by atoms with Crippen molar-refractivity contribution in [1.29, 1.82) is 0 Å². The number of H-pyrrole nitrogens is 1. The molecule has 0 atom stereocenters. The van der Waals surface area contributed by atoms with E-state index < -0.39 is 0 Å². The van der Waals surface area contributed by atoms with Crippen LogP contribution in [0.15, 0.2) is 78.9 Å². The van der Waals surface area contributed by atoms with Gasteiger partial charge in [0.15, 0.2) is 5.82 Å². The second kappa shape index (κ2) is 9.95. The largest absolute Gasteiger partial charge is 0.489 e. The SMILES string of the molecule is Cc1cc(/C=C/c2nn[nH]n2)ccc1OCc1cccc(OCc2ccc3ccccc3n2)c1. The third kappa shape index (κ3) is 5.27. The Kier molecular flexibility index (Phi) is 6.25. The number of aromatic amines is 1. The van der Waals surface area contributed by atoms with E-state index in [1.807, 2.05) is 73.7 Å². The first kappa shape index (κ1) is 21.3. The van der Waals surface area contributed by atoms with Crippen LogP contribution in [0.4, 0.5) is 0 Å². The Morgan fingerprint density at radius 1 is 0.853 bits per heavy atom. The third-order valence-corrected chi connectivity index (χ3v) is 5.32. The van der Waals surface area contributed by atoms with Crippen LogP contribution in [-0.2, 0) is 13.2 Å². The fourth-order valence-electron chi connectivity index (χ4n) is 3.58. The van der Waals surface area contributed by atoms with Gasteiger partial charge >= 0.3 is 0 Å². The van der Waals surface area contributed by atoms with Gasteiger partial charge in [0.05, 0.1) is 11.2 Å². The lowest BCUT2D eigenvalue weighted by atomic mass is 10.1. The molecule has 0 saturated heterocycles. The van der Waals surface area contributed by atoms with Crippen molar-refractivity contribution in [2.24, 2.45) is 0 Å². The van der Waals surface area contributed by atoms with Crippen LogP contribution in [-0.4, -0.2) is 25.6 Å². The van der Waals surface area contributed by atoms with Crippen LogP contribution in [0.5, 0.6) is 11.5 Å². The zero-order valence-electron chi connectivity index (χ0n) is 18.7. The lowest BCUT2D eigenvalue weighted by Gasteiger charge is -2.11. The van der Waals surface area contributed by atoms with Gasteiger partial charge in [-0.05, 0) is 71.3 Å². The van der Waals surface area contributed by atoms with E-state index in [-0.39, 0.29) is 0 Å². The van der Waals surface area contributed by atoms with Gasteiger partial charge in [-0.1, -0.05) is 48.5 Å². The lowest BCUT2D eigenvalue weighted by molar-refractivity contribution is 0.292. The third-order valence-electron chi connectivity index (χ3n) is 5.32. The van der Waals surface area contributed by atoms with Gasteiger partial charge in [-0.25, -0.2) is 4.98 Å². The molecular formula is C27H23N5O2. The zero-order valence-corrected chi connectivity index (χ0v) is 18.7. The summed E-state index contributed by atoms with van der Waals surface area (Å²) >= 11 is 0. The molecule has 5 rings (SSSR count). The Morgan fingerprint density at radius 3 is 2.68 bits per heavy atom. The number of tetrazole rings is 1. The molecule has 0 amide bonds. The zero-order chi connectivity index (χ0) is 23.2. The number of para-hydroxylation sites is 1.